The molecule has 4 amide bonds. The number of nitrogens with one attached hydrogen (secondary N) is 4. The molecule has 3 aliphatic rings. The maximum Gasteiger partial charge on any atom is 0.243 e. The van der Waals surface area contributed by atoms with Gasteiger partial charge in [0, 0.05) is 12.8 Å². The maximum absolute atomic E-state index is 13.7. The van der Waals surface area contributed by atoms with Crippen LogP contribution in [0, 0.1) is 5.92 Å². The van der Waals surface area contributed by atoms with Crippen LogP contribution in [0.5, 0.6) is 0 Å². The fourth-order valence-electron chi connectivity index (χ4n) is 6.01. The Morgan fingerprint density at radius 3 is 2.11 bits per heavy atom. The van der Waals surface area contributed by atoms with Crippen molar-refractivity contribution in [3.05, 3.63) is 71.8 Å². The van der Waals surface area contributed by atoms with Crippen molar-refractivity contribution < 1.29 is 38.1 Å². The van der Waals surface area contributed by atoms with E-state index in [2.05, 4.69) is 21.3 Å². The first-order valence-electron chi connectivity index (χ1n) is 15.8. The zero-order valence-corrected chi connectivity index (χ0v) is 26.9. The van der Waals surface area contributed by atoms with E-state index in [1.54, 1.807) is 34.6 Å². The monoisotopic (exact) mass is 636 g/mol. The molecule has 2 aromatic carbocycles. The summed E-state index contributed by atoms with van der Waals surface area (Å²) in [6, 6.07) is 15.0. The Balaban J connectivity index is 1.44. The zero-order valence-electron chi connectivity index (χ0n) is 26.9. The van der Waals surface area contributed by atoms with Gasteiger partial charge in [-0.05, 0) is 37.8 Å². The summed E-state index contributed by atoms with van der Waals surface area (Å²) < 4.78 is 24.9. The minimum Gasteiger partial charge on any atom is -0.368 e. The molecule has 0 aliphatic carbocycles. The quantitative estimate of drug-likeness (QED) is 0.359. The fraction of sp³-hybridized carbons (Fsp3) is 0.529. The standard InChI is InChI=1S/C34H44N4O8/c1-19(2)26-32(42)35-20(3)30(40)37-23(17-25(39)36-24(31(41)38-26)16-21-12-8-6-9-13-21)27-28(43-18-22-14-10-7-11-15-22)29-33(44-27)46-34(4,5)45-29/h6-15,19-20,23-24,26-29,33H,16-18H2,1-5H3,(H,35,42)(H,36,39)(H,37,40)(H,38,41)/t20-,23-,24-,26-,27?,28-,29+,33+/m0/s1. The van der Waals surface area contributed by atoms with Gasteiger partial charge in [0.15, 0.2) is 12.1 Å². The SMILES string of the molecule is CC(C)[C@@H]1NC(=O)[C@H](Cc2ccccc2)NC(=O)C[C@@H](C2O[C@@H]3OC(C)(C)O[C@@H]3[C@H]2OCc2ccccc2)NC(=O)[C@H](C)NC1=O. The van der Waals surface area contributed by atoms with Crippen molar-refractivity contribution in [2.75, 3.05) is 0 Å². The molecule has 0 aromatic heterocycles. The fourth-order valence-corrected chi connectivity index (χ4v) is 6.01. The Morgan fingerprint density at radius 2 is 1.46 bits per heavy atom. The maximum atomic E-state index is 13.7. The number of ether oxygens (including phenoxy) is 4. The summed E-state index contributed by atoms with van der Waals surface area (Å²) in [6.45, 7) is 8.92. The number of rotatable bonds is 7. The molecular weight excluding hydrogens is 592 g/mol. The van der Waals surface area contributed by atoms with E-state index in [1.807, 2.05) is 60.7 Å². The van der Waals surface area contributed by atoms with Gasteiger partial charge in [0.1, 0.15) is 36.4 Å². The summed E-state index contributed by atoms with van der Waals surface area (Å²) in [4.78, 5) is 54.2. The van der Waals surface area contributed by atoms with Crippen molar-refractivity contribution in [2.45, 2.75) is 109 Å². The molecule has 1 unspecified atom stereocenters. The van der Waals surface area contributed by atoms with Crippen LogP contribution >= 0.6 is 0 Å². The third-order valence-corrected chi connectivity index (χ3v) is 8.38. The summed E-state index contributed by atoms with van der Waals surface area (Å²) in [7, 11) is 0. The second-order valence-electron chi connectivity index (χ2n) is 12.9. The molecule has 3 aliphatic heterocycles. The number of benzene rings is 2. The van der Waals surface area contributed by atoms with Gasteiger partial charge in [0.2, 0.25) is 23.6 Å². The molecule has 3 saturated heterocycles. The second-order valence-corrected chi connectivity index (χ2v) is 12.9. The van der Waals surface area contributed by atoms with Crippen LogP contribution in [0.4, 0.5) is 0 Å². The minimum atomic E-state index is -0.986. The van der Waals surface area contributed by atoms with Crippen molar-refractivity contribution in [2.24, 2.45) is 5.92 Å². The molecule has 3 heterocycles. The van der Waals surface area contributed by atoms with E-state index in [1.165, 1.54) is 0 Å². The highest BCUT2D eigenvalue weighted by Gasteiger charge is 2.57. The summed E-state index contributed by atoms with van der Waals surface area (Å²) >= 11 is 0. The number of hydrogen-bond donors (Lipinski definition) is 4. The van der Waals surface area contributed by atoms with Crippen LogP contribution in [0.15, 0.2) is 60.7 Å². The molecule has 0 saturated carbocycles. The van der Waals surface area contributed by atoms with E-state index in [0.717, 1.165) is 11.1 Å². The molecule has 12 nitrogen and oxygen atoms in total. The zero-order chi connectivity index (χ0) is 33.0. The highest BCUT2D eigenvalue weighted by atomic mass is 16.8. The number of hydrogen-bond acceptors (Lipinski definition) is 8. The third-order valence-electron chi connectivity index (χ3n) is 8.38. The van der Waals surface area contributed by atoms with E-state index < -0.39 is 78.2 Å². The van der Waals surface area contributed by atoms with Gasteiger partial charge < -0.3 is 40.2 Å². The Morgan fingerprint density at radius 1 is 0.804 bits per heavy atom. The Kier molecular flexibility index (Phi) is 10.4. The number of carbonyl (C=O) groups excluding carboxylic acids is 4. The van der Waals surface area contributed by atoms with Crippen LogP contribution < -0.4 is 21.3 Å². The van der Waals surface area contributed by atoms with Crippen molar-refractivity contribution in [1.29, 1.82) is 0 Å². The van der Waals surface area contributed by atoms with Crippen molar-refractivity contribution in [1.82, 2.24) is 21.3 Å². The number of fused-ring (bicyclic) bond motifs is 1. The van der Waals surface area contributed by atoms with E-state index in [9.17, 15) is 19.2 Å². The van der Waals surface area contributed by atoms with Gasteiger partial charge in [-0.25, -0.2) is 0 Å². The second kappa shape index (κ2) is 14.3. The first-order chi connectivity index (χ1) is 21.9. The van der Waals surface area contributed by atoms with Crippen LogP contribution in [0.3, 0.4) is 0 Å². The molecule has 4 N–H and O–H groups in total. The smallest absolute Gasteiger partial charge is 0.243 e. The van der Waals surface area contributed by atoms with E-state index in [0.29, 0.717) is 0 Å². The third kappa shape index (κ3) is 8.11. The van der Waals surface area contributed by atoms with Crippen LogP contribution in [-0.4, -0.2) is 78.2 Å². The highest BCUT2D eigenvalue weighted by Crippen LogP contribution is 2.40. The molecule has 0 spiro atoms. The number of amides is 4. The lowest BCUT2D eigenvalue weighted by Crippen LogP contribution is -2.58. The molecule has 0 bridgehead atoms. The lowest BCUT2D eigenvalue weighted by atomic mass is 9.98. The van der Waals surface area contributed by atoms with Gasteiger partial charge >= 0.3 is 0 Å². The average Bonchev–Trinajstić information content (AvgIpc) is 3.49. The van der Waals surface area contributed by atoms with Gasteiger partial charge in [0.05, 0.1) is 12.6 Å². The molecule has 46 heavy (non-hydrogen) atoms. The Hall–Kier alpha value is -3.84. The summed E-state index contributed by atoms with van der Waals surface area (Å²) in [5.41, 5.74) is 1.75. The number of carbonyl (C=O) groups is 4. The van der Waals surface area contributed by atoms with E-state index in [4.69, 9.17) is 18.9 Å². The first kappa shape index (κ1) is 33.5. The van der Waals surface area contributed by atoms with Crippen molar-refractivity contribution >= 4 is 23.6 Å². The average molecular weight is 637 g/mol. The molecule has 8 atom stereocenters. The normalized spacial score (nSPS) is 31.9. The molecule has 2 aromatic rings. The van der Waals surface area contributed by atoms with Crippen molar-refractivity contribution in [3.63, 3.8) is 0 Å². The van der Waals surface area contributed by atoms with E-state index in [-0.39, 0.29) is 25.4 Å². The topological polar surface area (TPSA) is 153 Å². The van der Waals surface area contributed by atoms with Gasteiger partial charge in [0.25, 0.3) is 0 Å². The lowest BCUT2D eigenvalue weighted by Gasteiger charge is -2.32. The van der Waals surface area contributed by atoms with Gasteiger partial charge in [-0.1, -0.05) is 74.5 Å². The largest absolute Gasteiger partial charge is 0.368 e. The molecule has 5 rings (SSSR count). The molecular formula is C34H44N4O8. The van der Waals surface area contributed by atoms with E-state index >= 15 is 0 Å². The van der Waals surface area contributed by atoms with Gasteiger partial charge in [-0.2, -0.15) is 0 Å². The molecule has 0 radical (unpaired) electrons. The first-order valence-corrected chi connectivity index (χ1v) is 15.8. The minimum absolute atomic E-state index is 0.196. The predicted octanol–water partition coefficient (Wildman–Crippen LogP) is 1.71. The van der Waals surface area contributed by atoms with Crippen LogP contribution in [0.25, 0.3) is 0 Å². The van der Waals surface area contributed by atoms with Crippen LogP contribution in [-0.2, 0) is 51.2 Å². The summed E-state index contributed by atoms with van der Waals surface area (Å²) in [6.07, 6.45) is -3.06. The van der Waals surface area contributed by atoms with Crippen molar-refractivity contribution in [3.8, 4) is 0 Å². The van der Waals surface area contributed by atoms with Crippen LogP contribution in [0.1, 0.15) is 52.2 Å². The Labute approximate surface area is 269 Å². The highest BCUT2D eigenvalue weighted by molar-refractivity contribution is 5.95. The van der Waals surface area contributed by atoms with Crippen LogP contribution in [0.2, 0.25) is 0 Å². The summed E-state index contributed by atoms with van der Waals surface area (Å²) in [5.74, 6) is -3.24. The lowest BCUT2D eigenvalue weighted by molar-refractivity contribution is -0.222. The molecule has 248 valence electrons. The van der Waals surface area contributed by atoms with Gasteiger partial charge in [-0.15, -0.1) is 0 Å². The summed E-state index contributed by atoms with van der Waals surface area (Å²) in [5, 5.41) is 11.3. The predicted molar refractivity (Wildman–Crippen MR) is 167 cm³/mol. The molecule has 12 heteroatoms. The van der Waals surface area contributed by atoms with Gasteiger partial charge in [-0.3, -0.25) is 19.2 Å². The molecule has 3 fully saturated rings. The Bertz CT molecular complexity index is 1390.